The van der Waals surface area contributed by atoms with Gasteiger partial charge >= 0.3 is 0 Å². The van der Waals surface area contributed by atoms with Gasteiger partial charge in [0.25, 0.3) is 0 Å². The van der Waals surface area contributed by atoms with E-state index in [1.54, 1.807) is 6.08 Å². The quantitative estimate of drug-likeness (QED) is 0.601. The first-order valence-corrected chi connectivity index (χ1v) is 10.8. The minimum absolute atomic E-state index is 0.0748. The molecule has 5 heteroatoms. The molecule has 0 aliphatic carbocycles. The van der Waals surface area contributed by atoms with Crippen molar-refractivity contribution in [3.05, 3.63) is 12.7 Å². The monoisotopic (exact) mass is 305 g/mol. The molecule has 0 rings (SSSR count). The largest absolute Gasteiger partial charge is 0.415 e. The van der Waals surface area contributed by atoms with Gasteiger partial charge in [-0.15, -0.1) is 6.58 Å². The van der Waals surface area contributed by atoms with Crippen LogP contribution in [-0.2, 0) is 15.4 Å². The Hall–Kier alpha value is 0.0269. The second-order valence-electron chi connectivity index (χ2n) is 7.41. The lowest BCUT2D eigenvalue weighted by Crippen LogP contribution is -2.46. The molecule has 0 aromatic rings. The summed E-state index contributed by atoms with van der Waals surface area (Å²) in [5.41, 5.74) is 0. The van der Waals surface area contributed by atoms with Crippen LogP contribution in [0.3, 0.4) is 0 Å². The highest BCUT2D eigenvalue weighted by Gasteiger charge is 2.37. The summed E-state index contributed by atoms with van der Waals surface area (Å²) in [6.45, 7) is 21.2. The summed E-state index contributed by atoms with van der Waals surface area (Å²) in [6, 6.07) is -0.0748. The molecule has 0 amide bonds. The molecule has 0 saturated heterocycles. The molecule has 0 aliphatic heterocycles. The molecular formula is C14H31NO2SSi. The summed E-state index contributed by atoms with van der Waals surface area (Å²) in [4.78, 5) is 0. The number of hydrogen-bond donors (Lipinski definition) is 1. The summed E-state index contributed by atoms with van der Waals surface area (Å²) in [5, 5.41) is 0.182. The van der Waals surface area contributed by atoms with E-state index < -0.39 is 19.3 Å². The summed E-state index contributed by atoms with van der Waals surface area (Å²) in [5.74, 6) is 0. The summed E-state index contributed by atoms with van der Waals surface area (Å²) >= 11 is 0. The molecule has 3 nitrogen and oxygen atoms in total. The van der Waals surface area contributed by atoms with E-state index in [1.807, 2.05) is 20.8 Å². The van der Waals surface area contributed by atoms with Gasteiger partial charge in [0.2, 0.25) is 0 Å². The van der Waals surface area contributed by atoms with Crippen molar-refractivity contribution in [1.82, 2.24) is 4.72 Å². The van der Waals surface area contributed by atoms with Gasteiger partial charge in [0.1, 0.15) is 0 Å². The van der Waals surface area contributed by atoms with Crippen LogP contribution in [0.2, 0.25) is 18.1 Å². The first-order valence-electron chi connectivity index (χ1n) is 6.76. The lowest BCUT2D eigenvalue weighted by molar-refractivity contribution is 0.273. The van der Waals surface area contributed by atoms with Gasteiger partial charge in [-0.1, -0.05) is 26.8 Å². The Kier molecular flexibility index (Phi) is 6.66. The molecule has 1 N–H and O–H groups in total. The molecule has 114 valence electrons. The molecule has 0 heterocycles. The van der Waals surface area contributed by atoms with E-state index in [2.05, 4.69) is 45.2 Å². The lowest BCUT2D eigenvalue weighted by Gasteiger charge is -2.37. The lowest BCUT2D eigenvalue weighted by atomic mass is 10.2. The minimum atomic E-state index is -1.77. The maximum Gasteiger partial charge on any atom is 0.192 e. The summed E-state index contributed by atoms with van der Waals surface area (Å²) < 4.78 is 21.0. The molecule has 0 spiro atoms. The zero-order valence-electron chi connectivity index (χ0n) is 13.8. The van der Waals surface area contributed by atoms with E-state index in [9.17, 15) is 4.21 Å². The van der Waals surface area contributed by atoms with E-state index in [4.69, 9.17) is 4.43 Å². The van der Waals surface area contributed by atoms with Crippen LogP contribution in [0.5, 0.6) is 0 Å². The molecule has 19 heavy (non-hydrogen) atoms. The van der Waals surface area contributed by atoms with Gasteiger partial charge in [-0.05, 0) is 38.9 Å². The second kappa shape index (κ2) is 6.65. The highest BCUT2D eigenvalue weighted by molar-refractivity contribution is 7.84. The van der Waals surface area contributed by atoms with Crippen molar-refractivity contribution in [3.63, 3.8) is 0 Å². The Morgan fingerprint density at radius 2 is 1.74 bits per heavy atom. The summed E-state index contributed by atoms with van der Waals surface area (Å²) in [6.07, 6.45) is 1.77. The predicted molar refractivity (Wildman–Crippen MR) is 88.2 cm³/mol. The SMILES string of the molecule is C=C[C@@H](CO[Si](C)(C)C(C)(C)C)N[S@@](=O)C(C)(C)C. The highest BCUT2D eigenvalue weighted by atomic mass is 32.2. The van der Waals surface area contributed by atoms with Gasteiger partial charge < -0.3 is 4.43 Å². The average molecular weight is 306 g/mol. The molecule has 0 unspecified atom stereocenters. The maximum atomic E-state index is 12.1. The molecular weight excluding hydrogens is 274 g/mol. The fourth-order valence-electron chi connectivity index (χ4n) is 0.979. The standard InChI is InChI=1S/C14H31NO2SSi/c1-10-12(15-18(16)13(2,3)4)11-17-19(8,9)14(5,6)7/h10,12,15H,1,11H2,2-9H3/t12-,18-/m0/s1. The summed E-state index contributed by atoms with van der Waals surface area (Å²) in [7, 11) is -2.87. The topological polar surface area (TPSA) is 38.3 Å². The smallest absolute Gasteiger partial charge is 0.192 e. The van der Waals surface area contributed by atoms with Crippen molar-refractivity contribution in [2.24, 2.45) is 0 Å². The molecule has 0 saturated carbocycles. The third-order valence-electron chi connectivity index (χ3n) is 3.53. The van der Waals surface area contributed by atoms with Crippen LogP contribution >= 0.6 is 0 Å². The van der Waals surface area contributed by atoms with Crippen LogP contribution in [0.1, 0.15) is 41.5 Å². The van der Waals surface area contributed by atoms with Gasteiger partial charge in [0.05, 0.1) is 28.4 Å². The zero-order chi connectivity index (χ0) is 15.5. The van der Waals surface area contributed by atoms with Crippen LogP contribution in [0.15, 0.2) is 12.7 Å². The van der Waals surface area contributed by atoms with E-state index in [0.29, 0.717) is 6.61 Å². The van der Waals surface area contributed by atoms with Gasteiger partial charge in [0.15, 0.2) is 8.32 Å². The van der Waals surface area contributed by atoms with Crippen molar-refractivity contribution in [2.75, 3.05) is 6.61 Å². The van der Waals surface area contributed by atoms with Gasteiger partial charge in [0, 0.05) is 0 Å². The fourth-order valence-corrected chi connectivity index (χ4v) is 2.80. The van der Waals surface area contributed by atoms with Gasteiger partial charge in [-0.2, -0.15) is 0 Å². The van der Waals surface area contributed by atoms with Gasteiger partial charge in [-0.3, -0.25) is 0 Å². The van der Waals surface area contributed by atoms with E-state index in [-0.39, 0.29) is 15.8 Å². The number of rotatable bonds is 6. The maximum absolute atomic E-state index is 12.1. The van der Waals surface area contributed by atoms with E-state index >= 15 is 0 Å². The fraction of sp³-hybridized carbons (Fsp3) is 0.857. The van der Waals surface area contributed by atoms with Crippen LogP contribution in [-0.4, -0.2) is 29.9 Å². The average Bonchev–Trinajstić information content (AvgIpc) is 2.20. The Labute approximate surface area is 122 Å². The first-order chi connectivity index (χ1) is 8.31. The Morgan fingerprint density at radius 3 is 2.05 bits per heavy atom. The van der Waals surface area contributed by atoms with Crippen LogP contribution in [0.4, 0.5) is 0 Å². The van der Waals surface area contributed by atoms with Crippen molar-refractivity contribution in [3.8, 4) is 0 Å². The second-order valence-corrected chi connectivity index (χ2v) is 14.2. The van der Waals surface area contributed by atoms with Crippen LogP contribution in [0, 0.1) is 0 Å². The first kappa shape index (κ1) is 19.0. The van der Waals surface area contributed by atoms with Crippen molar-refractivity contribution in [1.29, 1.82) is 0 Å². The zero-order valence-corrected chi connectivity index (χ0v) is 15.6. The minimum Gasteiger partial charge on any atom is -0.415 e. The third kappa shape index (κ3) is 6.34. The highest BCUT2D eigenvalue weighted by Crippen LogP contribution is 2.36. The van der Waals surface area contributed by atoms with Crippen molar-refractivity contribution >= 4 is 19.3 Å². The van der Waals surface area contributed by atoms with Crippen LogP contribution in [0.25, 0.3) is 0 Å². The molecule has 0 radical (unpaired) electrons. The Bertz CT molecular complexity index is 329. The molecule has 0 aromatic heterocycles. The normalized spacial score (nSPS) is 17.1. The van der Waals surface area contributed by atoms with Crippen molar-refractivity contribution in [2.45, 2.75) is 70.5 Å². The Balaban J connectivity index is 4.53. The van der Waals surface area contributed by atoms with Crippen LogP contribution < -0.4 is 4.72 Å². The molecule has 0 aliphatic rings. The molecule has 2 atom stereocenters. The third-order valence-corrected chi connectivity index (χ3v) is 9.66. The van der Waals surface area contributed by atoms with E-state index in [1.165, 1.54) is 0 Å². The molecule has 0 fully saturated rings. The Morgan fingerprint density at radius 1 is 1.26 bits per heavy atom. The molecule has 0 bridgehead atoms. The molecule has 0 aromatic carbocycles. The number of nitrogens with one attached hydrogen (secondary N) is 1. The predicted octanol–water partition coefficient (Wildman–Crippen LogP) is 3.61. The van der Waals surface area contributed by atoms with E-state index in [0.717, 1.165) is 0 Å². The van der Waals surface area contributed by atoms with Crippen molar-refractivity contribution < 1.29 is 8.63 Å². The van der Waals surface area contributed by atoms with Gasteiger partial charge in [-0.25, -0.2) is 8.93 Å². The number of hydrogen-bond acceptors (Lipinski definition) is 2.